The number of benzene rings is 3. The maximum atomic E-state index is 12.7. The summed E-state index contributed by atoms with van der Waals surface area (Å²) < 4.78 is 4.71. The highest BCUT2D eigenvalue weighted by atomic mass is 16.5. The molecule has 1 saturated heterocycles. The third-order valence-electron chi connectivity index (χ3n) is 6.02. The molecule has 1 aliphatic heterocycles. The van der Waals surface area contributed by atoms with E-state index < -0.39 is 0 Å². The molecule has 0 unspecified atom stereocenters. The van der Waals surface area contributed by atoms with Crippen molar-refractivity contribution in [1.29, 1.82) is 0 Å². The lowest BCUT2D eigenvalue weighted by atomic mass is 10.0. The molecule has 6 nitrogen and oxygen atoms in total. The minimum atomic E-state index is -0.327. The lowest BCUT2D eigenvalue weighted by molar-refractivity contribution is -0.139. The molecule has 0 spiro atoms. The molecule has 1 heterocycles. The van der Waals surface area contributed by atoms with Crippen molar-refractivity contribution in [2.45, 2.75) is 19.5 Å². The van der Waals surface area contributed by atoms with Crippen LogP contribution in [-0.4, -0.2) is 50.1 Å². The highest BCUT2D eigenvalue weighted by Crippen LogP contribution is 2.22. The van der Waals surface area contributed by atoms with Gasteiger partial charge in [0.25, 0.3) is 5.91 Å². The van der Waals surface area contributed by atoms with E-state index in [1.807, 2.05) is 18.2 Å². The Morgan fingerprint density at radius 2 is 1.53 bits per heavy atom. The number of carbonyl (C=O) groups is 2. The molecule has 1 fully saturated rings. The smallest absolute Gasteiger partial charge is 0.309 e. The number of carbonyl (C=O) groups excluding carboxylic acids is 2. The zero-order chi connectivity index (χ0) is 23.8. The van der Waals surface area contributed by atoms with Crippen LogP contribution in [0.15, 0.2) is 72.8 Å². The molecule has 0 aliphatic carbocycles. The second kappa shape index (κ2) is 11.6. The Hall–Kier alpha value is -3.48. The fourth-order valence-corrected chi connectivity index (χ4v) is 4.18. The molecule has 0 atom stereocenters. The van der Waals surface area contributed by atoms with E-state index in [0.29, 0.717) is 12.1 Å². The van der Waals surface area contributed by atoms with Gasteiger partial charge < -0.3 is 15.4 Å². The van der Waals surface area contributed by atoms with Gasteiger partial charge in [0.2, 0.25) is 0 Å². The molecule has 2 N–H and O–H groups in total. The van der Waals surface area contributed by atoms with Gasteiger partial charge in [-0.1, -0.05) is 48.5 Å². The van der Waals surface area contributed by atoms with E-state index >= 15 is 0 Å². The standard InChI is InChI=1S/C28H31N3O3/c1-34-27(32)18-21-5-2-10-26(15-21)28(33)30-19-22-6-3-8-24(16-22)25-9-4-7-23(17-25)20-31-13-11-29-12-14-31/h2-10,15-17,29H,11-14,18-20H2,1H3,(H,30,33). The van der Waals surface area contributed by atoms with Crippen LogP contribution in [0.1, 0.15) is 27.0 Å². The number of rotatable bonds is 8. The first-order chi connectivity index (χ1) is 16.6. The van der Waals surface area contributed by atoms with Crippen LogP contribution in [0.2, 0.25) is 0 Å². The molecule has 6 heteroatoms. The van der Waals surface area contributed by atoms with Crippen LogP contribution in [0.25, 0.3) is 11.1 Å². The zero-order valence-corrected chi connectivity index (χ0v) is 19.5. The van der Waals surface area contributed by atoms with Crippen molar-refractivity contribution < 1.29 is 14.3 Å². The molecular formula is C28H31N3O3. The molecule has 34 heavy (non-hydrogen) atoms. The highest BCUT2D eigenvalue weighted by molar-refractivity contribution is 5.94. The van der Waals surface area contributed by atoms with Gasteiger partial charge in [0, 0.05) is 44.8 Å². The molecule has 0 radical (unpaired) electrons. The highest BCUT2D eigenvalue weighted by Gasteiger charge is 2.11. The van der Waals surface area contributed by atoms with E-state index in [-0.39, 0.29) is 18.3 Å². The van der Waals surface area contributed by atoms with Crippen molar-refractivity contribution in [3.05, 3.63) is 95.1 Å². The van der Waals surface area contributed by atoms with Gasteiger partial charge in [-0.25, -0.2) is 0 Å². The van der Waals surface area contributed by atoms with Crippen molar-refractivity contribution in [1.82, 2.24) is 15.5 Å². The summed E-state index contributed by atoms with van der Waals surface area (Å²) in [5.41, 5.74) is 5.93. The zero-order valence-electron chi connectivity index (χ0n) is 19.5. The molecule has 1 aliphatic rings. The van der Waals surface area contributed by atoms with Gasteiger partial charge in [-0.15, -0.1) is 0 Å². The predicted octanol–water partition coefficient (Wildman–Crippen LogP) is 3.40. The van der Waals surface area contributed by atoms with E-state index in [1.54, 1.807) is 18.2 Å². The van der Waals surface area contributed by atoms with Crippen LogP contribution >= 0.6 is 0 Å². The number of nitrogens with zero attached hydrogens (tertiary/aromatic N) is 1. The number of piperazine rings is 1. The first-order valence-corrected chi connectivity index (χ1v) is 11.7. The largest absolute Gasteiger partial charge is 0.469 e. The quantitative estimate of drug-likeness (QED) is 0.508. The maximum absolute atomic E-state index is 12.7. The third kappa shape index (κ3) is 6.53. The molecule has 0 saturated carbocycles. The van der Waals surface area contributed by atoms with E-state index in [9.17, 15) is 9.59 Å². The van der Waals surface area contributed by atoms with Gasteiger partial charge in [0.1, 0.15) is 0 Å². The van der Waals surface area contributed by atoms with E-state index in [1.165, 1.54) is 18.2 Å². The summed E-state index contributed by atoms with van der Waals surface area (Å²) in [4.78, 5) is 26.7. The Kier molecular flexibility index (Phi) is 8.07. The summed E-state index contributed by atoms with van der Waals surface area (Å²) in [7, 11) is 1.36. The Labute approximate surface area is 200 Å². The number of nitrogens with one attached hydrogen (secondary N) is 2. The normalized spacial score (nSPS) is 13.9. The second-order valence-corrected chi connectivity index (χ2v) is 8.56. The number of hydrogen-bond acceptors (Lipinski definition) is 5. The van der Waals surface area contributed by atoms with Crippen LogP contribution in [0.3, 0.4) is 0 Å². The van der Waals surface area contributed by atoms with Crippen LogP contribution in [0.4, 0.5) is 0 Å². The van der Waals surface area contributed by atoms with Crippen LogP contribution in [0, 0.1) is 0 Å². The van der Waals surface area contributed by atoms with Crippen LogP contribution in [0.5, 0.6) is 0 Å². The molecule has 1 amide bonds. The molecule has 176 valence electrons. The first-order valence-electron chi connectivity index (χ1n) is 11.7. The molecule has 0 aromatic heterocycles. The third-order valence-corrected chi connectivity index (χ3v) is 6.02. The van der Waals surface area contributed by atoms with E-state index in [0.717, 1.165) is 49.4 Å². The lowest BCUT2D eigenvalue weighted by Gasteiger charge is -2.27. The van der Waals surface area contributed by atoms with E-state index in [2.05, 4.69) is 51.9 Å². The Balaban J connectivity index is 1.39. The minimum absolute atomic E-state index is 0.146. The van der Waals surface area contributed by atoms with Crippen molar-refractivity contribution in [3.8, 4) is 11.1 Å². The maximum Gasteiger partial charge on any atom is 0.309 e. The van der Waals surface area contributed by atoms with Crippen molar-refractivity contribution in [2.75, 3.05) is 33.3 Å². The molecular weight excluding hydrogens is 426 g/mol. The number of hydrogen-bond donors (Lipinski definition) is 2. The second-order valence-electron chi connectivity index (χ2n) is 8.56. The minimum Gasteiger partial charge on any atom is -0.469 e. The molecule has 3 aromatic carbocycles. The Morgan fingerprint density at radius 3 is 2.26 bits per heavy atom. The molecule has 4 rings (SSSR count). The summed E-state index contributed by atoms with van der Waals surface area (Å²) in [6.45, 7) is 5.62. The summed E-state index contributed by atoms with van der Waals surface area (Å²) in [5, 5.41) is 6.38. The first kappa shape index (κ1) is 23.7. The monoisotopic (exact) mass is 457 g/mol. The van der Waals surface area contributed by atoms with Gasteiger partial charge in [-0.2, -0.15) is 0 Å². The number of ether oxygens (including phenoxy) is 1. The van der Waals surface area contributed by atoms with Gasteiger partial charge in [-0.3, -0.25) is 14.5 Å². The number of amides is 1. The summed E-state index contributed by atoms with van der Waals surface area (Å²) in [5.74, 6) is -0.499. The van der Waals surface area contributed by atoms with Gasteiger partial charge in [-0.05, 0) is 52.1 Å². The SMILES string of the molecule is COC(=O)Cc1cccc(C(=O)NCc2cccc(-c3cccc(CN4CCNCC4)c3)c2)c1. The topological polar surface area (TPSA) is 70.7 Å². The van der Waals surface area contributed by atoms with E-state index in [4.69, 9.17) is 4.74 Å². The Bertz CT molecular complexity index is 1140. The number of methoxy groups -OCH3 is 1. The summed E-state index contributed by atoms with van der Waals surface area (Å²) in [6.07, 6.45) is 0.146. The van der Waals surface area contributed by atoms with Gasteiger partial charge in [0.05, 0.1) is 13.5 Å². The predicted molar refractivity (Wildman–Crippen MR) is 133 cm³/mol. The molecule has 3 aromatic rings. The number of esters is 1. The van der Waals surface area contributed by atoms with Crippen LogP contribution in [-0.2, 0) is 29.0 Å². The summed E-state index contributed by atoms with van der Waals surface area (Å²) in [6, 6.07) is 24.0. The average molecular weight is 458 g/mol. The van der Waals surface area contributed by atoms with Crippen LogP contribution < -0.4 is 10.6 Å². The van der Waals surface area contributed by atoms with Crippen molar-refractivity contribution in [2.24, 2.45) is 0 Å². The average Bonchev–Trinajstić information content (AvgIpc) is 2.88. The fraction of sp³-hybridized carbons (Fsp3) is 0.286. The summed E-state index contributed by atoms with van der Waals surface area (Å²) >= 11 is 0. The van der Waals surface area contributed by atoms with Crippen molar-refractivity contribution >= 4 is 11.9 Å². The van der Waals surface area contributed by atoms with Gasteiger partial charge >= 0.3 is 5.97 Å². The lowest BCUT2D eigenvalue weighted by Crippen LogP contribution is -2.42. The van der Waals surface area contributed by atoms with Gasteiger partial charge in [0.15, 0.2) is 0 Å². The fourth-order valence-electron chi connectivity index (χ4n) is 4.18. The Morgan fingerprint density at radius 1 is 0.882 bits per heavy atom. The van der Waals surface area contributed by atoms with Crippen molar-refractivity contribution in [3.63, 3.8) is 0 Å². The molecule has 0 bridgehead atoms.